The lowest BCUT2D eigenvalue weighted by Gasteiger charge is -2.29. The van der Waals surface area contributed by atoms with Crippen LogP contribution in [0.2, 0.25) is 0 Å². The molecule has 3 heteroatoms. The fourth-order valence-electron chi connectivity index (χ4n) is 2.42. The van der Waals surface area contributed by atoms with Gasteiger partial charge in [-0.15, -0.1) is 0 Å². The smallest absolute Gasteiger partial charge is 0.0745 e. The number of aliphatic hydroxyl groups excluding tert-OH is 1. The zero-order valence-corrected chi connectivity index (χ0v) is 8.20. The molecule has 2 aliphatic rings. The summed E-state index contributed by atoms with van der Waals surface area (Å²) in [6.07, 6.45) is 4.92. The molecule has 0 spiro atoms. The van der Waals surface area contributed by atoms with Crippen LogP contribution in [0.3, 0.4) is 0 Å². The highest BCUT2D eigenvalue weighted by Crippen LogP contribution is 2.28. The average Bonchev–Trinajstić information content (AvgIpc) is 2.42. The highest BCUT2D eigenvalue weighted by Gasteiger charge is 2.33. The van der Waals surface area contributed by atoms with Crippen LogP contribution < -0.4 is 5.32 Å². The third-order valence-corrected chi connectivity index (χ3v) is 3.00. The molecular weight excluding hydrogens is 166 g/mol. The first kappa shape index (κ1) is 9.44. The van der Waals surface area contributed by atoms with Crippen LogP contribution in [0.5, 0.6) is 0 Å². The number of piperidine rings is 1. The number of ether oxygens (including phenoxy) is 1. The number of nitrogens with one attached hydrogen (secondary N) is 1. The lowest BCUT2D eigenvalue weighted by Crippen LogP contribution is -2.41. The van der Waals surface area contributed by atoms with E-state index in [0.29, 0.717) is 24.8 Å². The molecule has 3 unspecified atom stereocenters. The minimum Gasteiger partial charge on any atom is -0.391 e. The van der Waals surface area contributed by atoms with Gasteiger partial charge in [0, 0.05) is 12.1 Å². The van der Waals surface area contributed by atoms with Crippen LogP contribution >= 0.6 is 0 Å². The van der Waals surface area contributed by atoms with Crippen LogP contribution in [0.1, 0.15) is 32.6 Å². The van der Waals surface area contributed by atoms with E-state index in [9.17, 15) is 0 Å². The minimum absolute atomic E-state index is 0.326. The topological polar surface area (TPSA) is 41.5 Å². The largest absolute Gasteiger partial charge is 0.391 e. The van der Waals surface area contributed by atoms with E-state index in [4.69, 9.17) is 9.84 Å². The van der Waals surface area contributed by atoms with Gasteiger partial charge in [-0.25, -0.2) is 0 Å². The quantitative estimate of drug-likeness (QED) is 0.679. The second kappa shape index (κ2) is 3.95. The molecule has 2 fully saturated rings. The first-order chi connectivity index (χ1) is 6.24. The van der Waals surface area contributed by atoms with Crippen molar-refractivity contribution in [2.24, 2.45) is 0 Å². The number of hydrogen-bond donors (Lipinski definition) is 2. The standard InChI is InChI=1S/C10H19NO2/c1-7(12)6-13-10-4-8-2-3-9(5-10)11-8/h7-12H,2-6H2,1H3. The summed E-state index contributed by atoms with van der Waals surface area (Å²) >= 11 is 0. The predicted molar refractivity (Wildman–Crippen MR) is 50.6 cm³/mol. The Labute approximate surface area is 79.5 Å². The maximum absolute atomic E-state index is 9.09. The molecule has 2 saturated heterocycles. The van der Waals surface area contributed by atoms with Crippen molar-refractivity contribution < 1.29 is 9.84 Å². The molecule has 0 aromatic rings. The van der Waals surface area contributed by atoms with E-state index < -0.39 is 0 Å². The monoisotopic (exact) mass is 185 g/mol. The van der Waals surface area contributed by atoms with E-state index in [1.54, 1.807) is 6.92 Å². The molecule has 2 bridgehead atoms. The highest BCUT2D eigenvalue weighted by molar-refractivity contribution is 4.92. The van der Waals surface area contributed by atoms with Gasteiger partial charge < -0.3 is 15.2 Å². The Kier molecular flexibility index (Phi) is 2.86. The van der Waals surface area contributed by atoms with Crippen molar-refractivity contribution in [1.29, 1.82) is 0 Å². The maximum Gasteiger partial charge on any atom is 0.0745 e. The Morgan fingerprint density at radius 2 is 2.00 bits per heavy atom. The summed E-state index contributed by atoms with van der Waals surface area (Å²) in [5, 5.41) is 12.7. The van der Waals surface area contributed by atoms with Gasteiger partial charge in [0.15, 0.2) is 0 Å². The van der Waals surface area contributed by atoms with Gasteiger partial charge >= 0.3 is 0 Å². The summed E-state index contributed by atoms with van der Waals surface area (Å²) in [6.45, 7) is 2.26. The Bertz CT molecular complexity index is 160. The molecule has 0 aromatic carbocycles. The normalized spacial score (nSPS) is 40.6. The minimum atomic E-state index is -0.326. The third-order valence-electron chi connectivity index (χ3n) is 3.00. The van der Waals surface area contributed by atoms with Crippen molar-refractivity contribution in [3.05, 3.63) is 0 Å². The number of aliphatic hydroxyl groups is 1. The zero-order chi connectivity index (χ0) is 9.26. The Morgan fingerprint density at radius 1 is 1.38 bits per heavy atom. The number of fused-ring (bicyclic) bond motifs is 2. The average molecular weight is 185 g/mol. The summed E-state index contributed by atoms with van der Waals surface area (Å²) in [4.78, 5) is 0. The van der Waals surface area contributed by atoms with E-state index in [1.807, 2.05) is 0 Å². The molecule has 0 aliphatic carbocycles. The molecule has 2 rings (SSSR count). The highest BCUT2D eigenvalue weighted by atomic mass is 16.5. The van der Waals surface area contributed by atoms with Crippen molar-refractivity contribution in [3.8, 4) is 0 Å². The van der Waals surface area contributed by atoms with E-state index in [-0.39, 0.29) is 6.10 Å². The van der Waals surface area contributed by atoms with Gasteiger partial charge in [0.1, 0.15) is 0 Å². The van der Waals surface area contributed by atoms with Gasteiger partial charge in [0.25, 0.3) is 0 Å². The molecule has 2 aliphatic heterocycles. The van der Waals surface area contributed by atoms with Crippen LogP contribution in [-0.4, -0.2) is 36.0 Å². The van der Waals surface area contributed by atoms with Gasteiger partial charge in [-0.2, -0.15) is 0 Å². The van der Waals surface area contributed by atoms with Gasteiger partial charge in [-0.1, -0.05) is 0 Å². The second-order valence-electron chi connectivity index (χ2n) is 4.41. The summed E-state index contributed by atoms with van der Waals surface area (Å²) in [6, 6.07) is 1.36. The molecule has 0 amide bonds. The predicted octanol–water partition coefficient (Wildman–Crippen LogP) is 0.667. The lowest BCUT2D eigenvalue weighted by molar-refractivity contribution is -0.0229. The molecule has 0 radical (unpaired) electrons. The third kappa shape index (κ3) is 2.42. The molecule has 2 N–H and O–H groups in total. The van der Waals surface area contributed by atoms with Gasteiger partial charge in [0.05, 0.1) is 18.8 Å². The van der Waals surface area contributed by atoms with Crippen LogP contribution in [-0.2, 0) is 4.74 Å². The summed E-state index contributed by atoms with van der Waals surface area (Å²) in [7, 11) is 0. The second-order valence-corrected chi connectivity index (χ2v) is 4.41. The van der Waals surface area contributed by atoms with Crippen molar-refractivity contribution in [2.45, 2.75) is 56.9 Å². The van der Waals surface area contributed by atoms with E-state index in [0.717, 1.165) is 12.8 Å². The summed E-state index contributed by atoms with van der Waals surface area (Å²) < 4.78 is 5.64. The Hall–Kier alpha value is -0.120. The molecule has 13 heavy (non-hydrogen) atoms. The van der Waals surface area contributed by atoms with Gasteiger partial charge in [-0.3, -0.25) is 0 Å². The maximum atomic E-state index is 9.09. The first-order valence-electron chi connectivity index (χ1n) is 5.30. The van der Waals surface area contributed by atoms with Crippen molar-refractivity contribution in [1.82, 2.24) is 5.32 Å². The van der Waals surface area contributed by atoms with E-state index in [2.05, 4.69) is 5.32 Å². The summed E-state index contributed by atoms with van der Waals surface area (Å²) in [5.74, 6) is 0. The first-order valence-corrected chi connectivity index (χ1v) is 5.30. The fourth-order valence-corrected chi connectivity index (χ4v) is 2.42. The van der Waals surface area contributed by atoms with E-state index >= 15 is 0 Å². The number of hydrogen-bond acceptors (Lipinski definition) is 3. The molecular formula is C10H19NO2. The van der Waals surface area contributed by atoms with Crippen LogP contribution in [0.15, 0.2) is 0 Å². The molecule has 3 atom stereocenters. The Balaban J connectivity index is 1.75. The van der Waals surface area contributed by atoms with Gasteiger partial charge in [0.2, 0.25) is 0 Å². The molecule has 0 saturated carbocycles. The molecule has 2 heterocycles. The molecule has 3 nitrogen and oxygen atoms in total. The van der Waals surface area contributed by atoms with Crippen molar-refractivity contribution >= 4 is 0 Å². The van der Waals surface area contributed by atoms with Gasteiger partial charge in [-0.05, 0) is 32.6 Å². The summed E-state index contributed by atoms with van der Waals surface area (Å²) in [5.41, 5.74) is 0. The van der Waals surface area contributed by atoms with Crippen molar-refractivity contribution in [2.75, 3.05) is 6.61 Å². The fraction of sp³-hybridized carbons (Fsp3) is 1.00. The molecule has 76 valence electrons. The van der Waals surface area contributed by atoms with Crippen LogP contribution in [0.25, 0.3) is 0 Å². The SMILES string of the molecule is CC(O)COC1CC2CCC(C1)N2. The lowest BCUT2D eigenvalue weighted by atomic mass is 10.0. The van der Waals surface area contributed by atoms with Crippen LogP contribution in [0, 0.1) is 0 Å². The van der Waals surface area contributed by atoms with Crippen LogP contribution in [0.4, 0.5) is 0 Å². The van der Waals surface area contributed by atoms with Crippen molar-refractivity contribution in [3.63, 3.8) is 0 Å². The van der Waals surface area contributed by atoms with E-state index in [1.165, 1.54) is 12.8 Å². The number of rotatable bonds is 3. The molecule has 0 aromatic heterocycles. The Morgan fingerprint density at radius 3 is 2.54 bits per heavy atom. The zero-order valence-electron chi connectivity index (χ0n) is 8.20.